The van der Waals surface area contributed by atoms with Crippen LogP contribution in [0.25, 0.3) is 0 Å². The predicted molar refractivity (Wildman–Crippen MR) is 43.9 cm³/mol. The summed E-state index contributed by atoms with van der Waals surface area (Å²) in [6.07, 6.45) is 0. The summed E-state index contributed by atoms with van der Waals surface area (Å²) < 4.78 is 14.3. The molecule has 0 unspecified atom stereocenters. The van der Waals surface area contributed by atoms with Gasteiger partial charge in [0.25, 0.3) is 0 Å². The maximum atomic E-state index is 9.82. The fourth-order valence-corrected chi connectivity index (χ4v) is 0.643. The zero-order chi connectivity index (χ0) is 9.23. The number of esters is 1. The predicted octanol–water partition coefficient (Wildman–Crippen LogP) is 0.603. The van der Waals surface area contributed by atoms with Gasteiger partial charge in [-0.25, -0.2) is 0 Å². The van der Waals surface area contributed by atoms with E-state index in [1.54, 1.807) is 6.92 Å². The molecular formula is C8H16O4. The summed E-state index contributed by atoms with van der Waals surface area (Å²) in [5.74, 6) is -0.211. The summed E-state index contributed by atoms with van der Waals surface area (Å²) >= 11 is 0. The molecule has 0 atom stereocenters. The lowest BCUT2D eigenvalue weighted by molar-refractivity contribution is -0.140. The van der Waals surface area contributed by atoms with Crippen LogP contribution in [0.2, 0.25) is 0 Å². The minimum Gasteiger partial charge on any atom is -0.466 e. The van der Waals surface area contributed by atoms with Crippen molar-refractivity contribution in [1.82, 2.24) is 0 Å². The van der Waals surface area contributed by atoms with Gasteiger partial charge in [-0.1, -0.05) is 0 Å². The maximum Gasteiger partial charge on any atom is 0.302 e. The Morgan fingerprint density at radius 3 is 1.75 bits per heavy atom. The van der Waals surface area contributed by atoms with Crippen molar-refractivity contribution in [3.05, 3.63) is 0 Å². The quantitative estimate of drug-likeness (QED) is 0.549. The molecule has 0 aromatic heterocycles. The average Bonchev–Trinajstić information content (AvgIpc) is 2.08. The summed E-state index contributed by atoms with van der Waals surface area (Å²) in [6.45, 7) is 6.76. The molecule has 1 heterocycles. The van der Waals surface area contributed by atoms with Crippen molar-refractivity contribution in [2.24, 2.45) is 0 Å². The second-order valence-electron chi connectivity index (χ2n) is 2.15. The molecule has 1 rings (SSSR count). The summed E-state index contributed by atoms with van der Waals surface area (Å²) in [6, 6.07) is 0. The van der Waals surface area contributed by atoms with Gasteiger partial charge in [-0.3, -0.25) is 4.79 Å². The standard InChI is InChI=1S/2C4H8O2/c1-2-6-4-3-5-1;1-3-6-4(2)5/h1-4H2;3H2,1-2H3. The van der Waals surface area contributed by atoms with Gasteiger partial charge in [0.15, 0.2) is 0 Å². The molecule has 0 bridgehead atoms. The molecule has 0 aromatic carbocycles. The molecule has 12 heavy (non-hydrogen) atoms. The average molecular weight is 176 g/mol. The fraction of sp³-hybridized carbons (Fsp3) is 0.875. The Hall–Kier alpha value is -0.610. The number of hydrogen-bond donors (Lipinski definition) is 0. The molecule has 0 aliphatic carbocycles. The molecule has 0 aromatic rings. The minimum absolute atomic E-state index is 0.211. The number of rotatable bonds is 1. The smallest absolute Gasteiger partial charge is 0.302 e. The third kappa shape index (κ3) is 9.39. The van der Waals surface area contributed by atoms with Gasteiger partial charge in [-0.15, -0.1) is 0 Å². The van der Waals surface area contributed by atoms with Crippen molar-refractivity contribution in [3.8, 4) is 0 Å². The van der Waals surface area contributed by atoms with Gasteiger partial charge in [0, 0.05) is 6.92 Å². The Kier molecular flexibility index (Phi) is 8.05. The second-order valence-corrected chi connectivity index (χ2v) is 2.15. The molecule has 1 aliphatic heterocycles. The Morgan fingerprint density at radius 1 is 1.25 bits per heavy atom. The summed E-state index contributed by atoms with van der Waals surface area (Å²) in [5, 5.41) is 0. The van der Waals surface area contributed by atoms with E-state index < -0.39 is 0 Å². The largest absolute Gasteiger partial charge is 0.466 e. The van der Waals surface area contributed by atoms with Gasteiger partial charge < -0.3 is 14.2 Å². The van der Waals surface area contributed by atoms with Crippen molar-refractivity contribution < 1.29 is 19.0 Å². The molecule has 0 radical (unpaired) electrons. The van der Waals surface area contributed by atoms with Crippen LogP contribution in [-0.4, -0.2) is 39.0 Å². The van der Waals surface area contributed by atoms with Gasteiger partial charge in [0.1, 0.15) is 0 Å². The van der Waals surface area contributed by atoms with Crippen LogP contribution in [0.1, 0.15) is 13.8 Å². The zero-order valence-corrected chi connectivity index (χ0v) is 7.67. The lowest BCUT2D eigenvalue weighted by Gasteiger charge is -2.09. The van der Waals surface area contributed by atoms with E-state index in [1.807, 2.05) is 0 Å². The van der Waals surface area contributed by atoms with Gasteiger partial charge in [0.05, 0.1) is 33.0 Å². The number of carbonyl (C=O) groups is 1. The first kappa shape index (κ1) is 11.4. The highest BCUT2D eigenvalue weighted by atomic mass is 16.6. The van der Waals surface area contributed by atoms with Gasteiger partial charge in [-0.05, 0) is 6.92 Å². The molecule has 1 aliphatic rings. The fourth-order valence-electron chi connectivity index (χ4n) is 0.643. The van der Waals surface area contributed by atoms with E-state index in [9.17, 15) is 4.79 Å². The van der Waals surface area contributed by atoms with Crippen LogP contribution in [-0.2, 0) is 19.0 Å². The molecule has 0 amide bonds. The number of ether oxygens (including phenoxy) is 3. The third-order valence-electron chi connectivity index (χ3n) is 1.09. The van der Waals surface area contributed by atoms with E-state index in [1.165, 1.54) is 6.92 Å². The monoisotopic (exact) mass is 176 g/mol. The highest BCUT2D eigenvalue weighted by molar-refractivity contribution is 5.65. The molecule has 0 saturated carbocycles. The van der Waals surface area contributed by atoms with Crippen molar-refractivity contribution >= 4 is 5.97 Å². The Balaban J connectivity index is 0.000000202. The second kappa shape index (κ2) is 8.49. The third-order valence-corrected chi connectivity index (χ3v) is 1.09. The molecule has 1 fully saturated rings. The first-order valence-corrected chi connectivity index (χ1v) is 4.06. The molecule has 1 saturated heterocycles. The Labute approximate surface area is 72.8 Å². The maximum absolute atomic E-state index is 9.82. The molecule has 0 spiro atoms. The van der Waals surface area contributed by atoms with Crippen LogP contribution < -0.4 is 0 Å². The molecule has 4 heteroatoms. The number of hydrogen-bond acceptors (Lipinski definition) is 4. The first-order valence-electron chi connectivity index (χ1n) is 4.06. The van der Waals surface area contributed by atoms with Gasteiger partial charge >= 0.3 is 5.97 Å². The minimum atomic E-state index is -0.211. The molecule has 72 valence electrons. The lowest BCUT2D eigenvalue weighted by atomic mass is 10.6. The molecular weight excluding hydrogens is 160 g/mol. The van der Waals surface area contributed by atoms with E-state index >= 15 is 0 Å². The summed E-state index contributed by atoms with van der Waals surface area (Å²) in [7, 11) is 0. The van der Waals surface area contributed by atoms with Crippen molar-refractivity contribution in [3.63, 3.8) is 0 Å². The topological polar surface area (TPSA) is 44.8 Å². The van der Waals surface area contributed by atoms with E-state index in [4.69, 9.17) is 9.47 Å². The van der Waals surface area contributed by atoms with Gasteiger partial charge in [-0.2, -0.15) is 0 Å². The summed E-state index contributed by atoms with van der Waals surface area (Å²) in [4.78, 5) is 9.82. The SMILES string of the molecule is C1COCCO1.CCOC(C)=O. The first-order chi connectivity index (χ1) is 5.77. The van der Waals surface area contributed by atoms with E-state index in [2.05, 4.69) is 4.74 Å². The van der Waals surface area contributed by atoms with Crippen molar-refractivity contribution in [1.29, 1.82) is 0 Å². The van der Waals surface area contributed by atoms with Crippen LogP contribution in [0.5, 0.6) is 0 Å². The van der Waals surface area contributed by atoms with Crippen LogP contribution in [0.3, 0.4) is 0 Å². The van der Waals surface area contributed by atoms with E-state index in [0.29, 0.717) is 6.61 Å². The number of carbonyl (C=O) groups excluding carboxylic acids is 1. The van der Waals surface area contributed by atoms with Crippen LogP contribution in [0.4, 0.5) is 0 Å². The van der Waals surface area contributed by atoms with Crippen LogP contribution >= 0.6 is 0 Å². The van der Waals surface area contributed by atoms with Gasteiger partial charge in [0.2, 0.25) is 0 Å². The van der Waals surface area contributed by atoms with E-state index in [0.717, 1.165) is 26.4 Å². The molecule has 4 nitrogen and oxygen atoms in total. The van der Waals surface area contributed by atoms with E-state index in [-0.39, 0.29) is 5.97 Å². The Morgan fingerprint density at radius 2 is 1.67 bits per heavy atom. The zero-order valence-electron chi connectivity index (χ0n) is 7.67. The van der Waals surface area contributed by atoms with Crippen LogP contribution in [0.15, 0.2) is 0 Å². The van der Waals surface area contributed by atoms with Crippen molar-refractivity contribution in [2.45, 2.75) is 13.8 Å². The normalized spacial score (nSPS) is 15.8. The highest BCUT2D eigenvalue weighted by Crippen LogP contribution is 1.85. The lowest BCUT2D eigenvalue weighted by Crippen LogP contribution is -2.16. The van der Waals surface area contributed by atoms with Crippen LogP contribution in [0, 0.1) is 0 Å². The molecule has 0 N–H and O–H groups in total. The summed E-state index contributed by atoms with van der Waals surface area (Å²) in [5.41, 5.74) is 0. The van der Waals surface area contributed by atoms with Crippen molar-refractivity contribution in [2.75, 3.05) is 33.0 Å². The highest BCUT2D eigenvalue weighted by Gasteiger charge is 1.94. The Bertz CT molecular complexity index is 98.1.